The molecule has 12 heteroatoms. The van der Waals surface area contributed by atoms with Gasteiger partial charge in [0.25, 0.3) is 0 Å². The lowest BCUT2D eigenvalue weighted by atomic mass is 10.0. The number of nitrogens with zero attached hydrogens (tertiary/aromatic N) is 5. The van der Waals surface area contributed by atoms with Gasteiger partial charge in [0.15, 0.2) is 17.5 Å². The van der Waals surface area contributed by atoms with Crippen molar-refractivity contribution in [1.29, 1.82) is 0 Å². The van der Waals surface area contributed by atoms with Gasteiger partial charge in [-0.15, -0.1) is 5.10 Å². The lowest BCUT2D eigenvalue weighted by Gasteiger charge is -2.23. The second-order valence-electron chi connectivity index (χ2n) is 8.18. The van der Waals surface area contributed by atoms with Crippen LogP contribution >= 0.6 is 0 Å². The molecule has 0 bridgehead atoms. The molecule has 184 valence electrons. The van der Waals surface area contributed by atoms with Crippen molar-refractivity contribution in [2.45, 2.75) is 25.5 Å². The molecule has 0 saturated carbocycles. The van der Waals surface area contributed by atoms with E-state index in [9.17, 15) is 13.6 Å². The number of benzene rings is 2. The molecule has 1 saturated heterocycles. The Bertz CT molecular complexity index is 1400. The van der Waals surface area contributed by atoms with E-state index in [0.29, 0.717) is 23.4 Å². The standard InChI is InChI=1S/C24H22F2N8O2/c25-18-7-4-8-19(21(18)26)34-23(31-32-33-34)17-12-15(13-28-22(17)27)14-5-3-6-16(11-14)29-24(35)30-20-9-1-2-10-36-20/h3-8,11-13,20H,1-2,9-10H2,(H2,27,28)(H2,29,30,35). The normalized spacial score (nSPS) is 15.4. The second kappa shape index (κ2) is 10.0. The molecule has 10 nitrogen and oxygen atoms in total. The summed E-state index contributed by atoms with van der Waals surface area (Å²) in [6.07, 6.45) is 4.02. The summed E-state index contributed by atoms with van der Waals surface area (Å²) in [5, 5.41) is 17.0. The van der Waals surface area contributed by atoms with Crippen LogP contribution in [-0.4, -0.2) is 44.1 Å². The number of aromatic nitrogens is 5. The number of pyridine rings is 1. The molecule has 0 radical (unpaired) electrons. The van der Waals surface area contributed by atoms with E-state index in [-0.39, 0.29) is 29.6 Å². The van der Waals surface area contributed by atoms with E-state index in [1.54, 1.807) is 30.5 Å². The Morgan fingerprint density at radius 2 is 1.97 bits per heavy atom. The average Bonchev–Trinajstić information content (AvgIpc) is 3.36. The van der Waals surface area contributed by atoms with Crippen LogP contribution in [0.5, 0.6) is 0 Å². The van der Waals surface area contributed by atoms with Gasteiger partial charge in [0, 0.05) is 24.1 Å². The molecule has 2 amide bonds. The molecule has 1 aliphatic heterocycles. The highest BCUT2D eigenvalue weighted by molar-refractivity contribution is 5.90. The van der Waals surface area contributed by atoms with E-state index in [4.69, 9.17) is 10.5 Å². The van der Waals surface area contributed by atoms with Gasteiger partial charge in [-0.3, -0.25) is 0 Å². The Balaban J connectivity index is 1.42. The first-order valence-electron chi connectivity index (χ1n) is 11.3. The topological polar surface area (TPSA) is 133 Å². The van der Waals surface area contributed by atoms with E-state index in [2.05, 4.69) is 31.1 Å². The molecular formula is C24H22F2N8O2. The third kappa shape index (κ3) is 4.84. The van der Waals surface area contributed by atoms with Crippen molar-refractivity contribution in [3.05, 3.63) is 66.4 Å². The Hall–Kier alpha value is -4.45. The molecule has 4 N–H and O–H groups in total. The number of hydrogen-bond donors (Lipinski definition) is 3. The van der Waals surface area contributed by atoms with Crippen LogP contribution in [0.1, 0.15) is 19.3 Å². The molecule has 0 spiro atoms. The molecule has 5 rings (SSSR count). The maximum absolute atomic E-state index is 14.4. The summed E-state index contributed by atoms with van der Waals surface area (Å²) in [5.41, 5.74) is 8.19. The third-order valence-electron chi connectivity index (χ3n) is 5.71. The van der Waals surface area contributed by atoms with Gasteiger partial charge in [-0.25, -0.2) is 18.6 Å². The molecule has 36 heavy (non-hydrogen) atoms. The highest BCUT2D eigenvalue weighted by atomic mass is 19.2. The number of anilines is 2. The number of nitrogens with one attached hydrogen (secondary N) is 2. The largest absolute Gasteiger partial charge is 0.383 e. The van der Waals surface area contributed by atoms with Crippen LogP contribution in [0.15, 0.2) is 54.7 Å². The number of amides is 2. The predicted octanol–water partition coefficient (Wildman–Crippen LogP) is 3.90. The second-order valence-corrected chi connectivity index (χ2v) is 8.18. The van der Waals surface area contributed by atoms with Gasteiger partial charge in [0.2, 0.25) is 0 Å². The minimum absolute atomic E-state index is 0.0903. The zero-order valence-electron chi connectivity index (χ0n) is 19.0. The first-order chi connectivity index (χ1) is 17.5. The number of nitrogen functional groups attached to an aromatic ring is 1. The Morgan fingerprint density at radius 3 is 2.81 bits per heavy atom. The third-order valence-corrected chi connectivity index (χ3v) is 5.71. The first kappa shape index (κ1) is 23.3. The van der Waals surface area contributed by atoms with Crippen molar-refractivity contribution < 1.29 is 18.3 Å². The number of ether oxygens (including phenoxy) is 1. The fourth-order valence-electron chi connectivity index (χ4n) is 3.93. The van der Waals surface area contributed by atoms with Crippen LogP contribution in [0, 0.1) is 11.6 Å². The molecule has 3 heterocycles. The van der Waals surface area contributed by atoms with Gasteiger partial charge in [-0.05, 0) is 65.6 Å². The molecule has 1 atom stereocenters. The summed E-state index contributed by atoms with van der Waals surface area (Å²) in [6, 6.07) is 12.2. The number of carbonyl (C=O) groups excluding carboxylic acids is 1. The van der Waals surface area contributed by atoms with Crippen LogP contribution in [0.3, 0.4) is 0 Å². The van der Waals surface area contributed by atoms with Crippen molar-refractivity contribution in [3.8, 4) is 28.2 Å². The van der Waals surface area contributed by atoms with E-state index < -0.39 is 11.6 Å². The van der Waals surface area contributed by atoms with E-state index in [1.165, 1.54) is 12.1 Å². The monoisotopic (exact) mass is 492 g/mol. The SMILES string of the molecule is Nc1ncc(-c2cccc(NC(=O)NC3CCCCO3)c2)cc1-c1nnnn1-c1cccc(F)c1F. The molecular weight excluding hydrogens is 470 g/mol. The molecule has 0 aliphatic carbocycles. The van der Waals surface area contributed by atoms with Gasteiger partial charge in [0.05, 0.1) is 5.56 Å². The number of tetrazole rings is 1. The van der Waals surface area contributed by atoms with Gasteiger partial charge in [-0.1, -0.05) is 18.2 Å². The molecule has 2 aromatic heterocycles. The van der Waals surface area contributed by atoms with E-state index >= 15 is 0 Å². The summed E-state index contributed by atoms with van der Waals surface area (Å²) in [5.74, 6) is -1.93. The minimum Gasteiger partial charge on any atom is -0.383 e. The smallest absolute Gasteiger partial charge is 0.321 e. The lowest BCUT2D eigenvalue weighted by Crippen LogP contribution is -2.41. The highest BCUT2D eigenvalue weighted by Gasteiger charge is 2.20. The molecule has 4 aromatic rings. The van der Waals surface area contributed by atoms with Crippen LogP contribution in [-0.2, 0) is 4.74 Å². The van der Waals surface area contributed by atoms with Gasteiger partial charge < -0.3 is 21.1 Å². The van der Waals surface area contributed by atoms with Crippen LogP contribution in [0.25, 0.3) is 28.2 Å². The molecule has 1 fully saturated rings. The Labute approximate surface area is 204 Å². The first-order valence-corrected chi connectivity index (χ1v) is 11.3. The quantitative estimate of drug-likeness (QED) is 0.385. The van der Waals surface area contributed by atoms with E-state index in [0.717, 1.165) is 35.6 Å². The zero-order valence-corrected chi connectivity index (χ0v) is 19.0. The Kier molecular flexibility index (Phi) is 6.50. The highest BCUT2D eigenvalue weighted by Crippen LogP contribution is 2.31. The number of rotatable bonds is 5. The lowest BCUT2D eigenvalue weighted by molar-refractivity contribution is 0.00343. The van der Waals surface area contributed by atoms with Crippen molar-refractivity contribution >= 4 is 17.5 Å². The maximum Gasteiger partial charge on any atom is 0.321 e. The van der Waals surface area contributed by atoms with Crippen molar-refractivity contribution in [3.63, 3.8) is 0 Å². The van der Waals surface area contributed by atoms with Crippen LogP contribution in [0.2, 0.25) is 0 Å². The minimum atomic E-state index is -1.09. The Morgan fingerprint density at radius 1 is 1.11 bits per heavy atom. The summed E-state index contributed by atoms with van der Waals surface area (Å²) in [4.78, 5) is 16.6. The van der Waals surface area contributed by atoms with Gasteiger partial charge in [0.1, 0.15) is 17.7 Å². The summed E-state index contributed by atoms with van der Waals surface area (Å²) < 4.78 is 34.8. The van der Waals surface area contributed by atoms with E-state index in [1.807, 2.05) is 6.07 Å². The zero-order chi connectivity index (χ0) is 25.1. The number of hydrogen-bond acceptors (Lipinski definition) is 7. The van der Waals surface area contributed by atoms with Crippen LogP contribution in [0.4, 0.5) is 25.1 Å². The molecule has 1 unspecified atom stereocenters. The fraction of sp³-hybridized carbons (Fsp3) is 0.208. The number of halogens is 2. The summed E-state index contributed by atoms with van der Waals surface area (Å²) >= 11 is 0. The van der Waals surface area contributed by atoms with Crippen molar-refractivity contribution in [2.75, 3.05) is 17.7 Å². The maximum atomic E-state index is 14.4. The molecule has 2 aromatic carbocycles. The van der Waals surface area contributed by atoms with Crippen molar-refractivity contribution in [2.24, 2.45) is 0 Å². The van der Waals surface area contributed by atoms with Crippen LogP contribution < -0.4 is 16.4 Å². The summed E-state index contributed by atoms with van der Waals surface area (Å²) in [6.45, 7) is 0.627. The van der Waals surface area contributed by atoms with Crippen molar-refractivity contribution in [1.82, 2.24) is 30.5 Å². The molecule has 1 aliphatic rings. The number of carbonyl (C=O) groups is 1. The predicted molar refractivity (Wildman–Crippen MR) is 128 cm³/mol. The fourth-order valence-corrected chi connectivity index (χ4v) is 3.93. The number of nitrogens with two attached hydrogens (primary N) is 1. The number of urea groups is 1. The van der Waals surface area contributed by atoms with Gasteiger partial charge >= 0.3 is 6.03 Å². The van der Waals surface area contributed by atoms with Gasteiger partial charge in [-0.2, -0.15) is 4.68 Å². The average molecular weight is 492 g/mol. The summed E-state index contributed by atoms with van der Waals surface area (Å²) in [7, 11) is 0.